The number of benzene rings is 1. The molecule has 0 spiro atoms. The van der Waals surface area contributed by atoms with Crippen molar-refractivity contribution in [1.82, 2.24) is 24.8 Å². The highest BCUT2D eigenvalue weighted by molar-refractivity contribution is 14.1. The van der Waals surface area contributed by atoms with E-state index in [4.69, 9.17) is 0 Å². The van der Waals surface area contributed by atoms with Gasteiger partial charge in [0.2, 0.25) is 0 Å². The number of aryl methyl sites for hydroxylation is 1. The standard InChI is InChI=1S/C21H20IN5O3.ClH/c1-10-15-12(20(29)27(21(15)30)11-4-7-26(2)8-5-11)9-14-17(10)25-18(24-14)16-13(22)3-6-23-19(16)28;/h3,6,9,11H,4-5,7-8H2,1-2H3,(H,23,28)(H,24,25);1H. The molecule has 2 aromatic heterocycles. The molecular weight excluding hydrogens is 533 g/mol. The molecule has 3 aromatic rings. The molecule has 2 N–H and O–H groups in total. The average molecular weight is 554 g/mol. The van der Waals surface area contributed by atoms with E-state index in [0.29, 0.717) is 39.1 Å². The third-order valence-corrected chi connectivity index (χ3v) is 7.00. The lowest BCUT2D eigenvalue weighted by Crippen LogP contribution is -2.46. The van der Waals surface area contributed by atoms with Crippen molar-refractivity contribution in [2.75, 3.05) is 20.1 Å². The number of hydrogen-bond donors (Lipinski definition) is 2. The van der Waals surface area contributed by atoms with Crippen LogP contribution < -0.4 is 5.56 Å². The van der Waals surface area contributed by atoms with E-state index in [1.807, 2.05) is 14.0 Å². The minimum absolute atomic E-state index is 0. The first-order valence-corrected chi connectivity index (χ1v) is 10.9. The Morgan fingerprint density at radius 3 is 2.52 bits per heavy atom. The maximum atomic E-state index is 13.2. The molecule has 0 radical (unpaired) electrons. The molecule has 10 heteroatoms. The van der Waals surface area contributed by atoms with Crippen LogP contribution in [0, 0.1) is 10.5 Å². The summed E-state index contributed by atoms with van der Waals surface area (Å²) in [6, 6.07) is 3.43. The van der Waals surface area contributed by atoms with Gasteiger partial charge in [0.15, 0.2) is 0 Å². The number of imide groups is 1. The Kier molecular flexibility index (Phi) is 5.69. The van der Waals surface area contributed by atoms with Crippen LogP contribution in [0.15, 0.2) is 23.1 Å². The molecule has 2 amide bonds. The minimum Gasteiger partial charge on any atom is -0.338 e. The fourth-order valence-electron chi connectivity index (χ4n) is 4.48. The van der Waals surface area contributed by atoms with E-state index in [0.717, 1.165) is 29.5 Å². The summed E-state index contributed by atoms with van der Waals surface area (Å²) < 4.78 is 0.765. The van der Waals surface area contributed by atoms with Gasteiger partial charge < -0.3 is 14.9 Å². The fraction of sp³-hybridized carbons (Fsp3) is 0.333. The third kappa shape index (κ3) is 3.39. The summed E-state index contributed by atoms with van der Waals surface area (Å²) in [4.78, 5) is 52.8. The predicted octanol–water partition coefficient (Wildman–Crippen LogP) is 2.94. The number of amides is 2. The van der Waals surface area contributed by atoms with Gasteiger partial charge in [-0.3, -0.25) is 19.3 Å². The Balaban J connectivity index is 0.00000231. The van der Waals surface area contributed by atoms with Crippen molar-refractivity contribution in [2.24, 2.45) is 0 Å². The molecular formula is C21H21ClIN5O3. The van der Waals surface area contributed by atoms with Gasteiger partial charge in [-0.15, -0.1) is 12.4 Å². The van der Waals surface area contributed by atoms with Gasteiger partial charge in [0, 0.05) is 15.8 Å². The van der Waals surface area contributed by atoms with E-state index in [2.05, 4.69) is 42.4 Å². The maximum Gasteiger partial charge on any atom is 0.262 e. The van der Waals surface area contributed by atoms with Gasteiger partial charge in [0.05, 0.1) is 27.7 Å². The number of nitrogens with zero attached hydrogens (tertiary/aromatic N) is 3. The summed E-state index contributed by atoms with van der Waals surface area (Å²) >= 11 is 2.09. The van der Waals surface area contributed by atoms with Gasteiger partial charge in [-0.2, -0.15) is 0 Å². The number of H-pyrrole nitrogens is 2. The zero-order chi connectivity index (χ0) is 21.2. The number of pyridine rings is 1. The topological polar surface area (TPSA) is 102 Å². The van der Waals surface area contributed by atoms with Crippen LogP contribution in [0.5, 0.6) is 0 Å². The first-order chi connectivity index (χ1) is 14.4. The average Bonchev–Trinajstić information content (AvgIpc) is 3.23. The van der Waals surface area contributed by atoms with Crippen molar-refractivity contribution >= 4 is 57.8 Å². The highest BCUT2D eigenvalue weighted by Crippen LogP contribution is 2.35. The van der Waals surface area contributed by atoms with Crippen LogP contribution in [0.4, 0.5) is 0 Å². The van der Waals surface area contributed by atoms with Crippen molar-refractivity contribution in [3.05, 3.63) is 48.9 Å². The second kappa shape index (κ2) is 8.03. The molecule has 5 rings (SSSR count). The Bertz CT molecular complexity index is 1280. The lowest BCUT2D eigenvalue weighted by molar-refractivity contribution is 0.0516. The molecule has 0 bridgehead atoms. The van der Waals surface area contributed by atoms with Gasteiger partial charge in [0.1, 0.15) is 5.82 Å². The van der Waals surface area contributed by atoms with Crippen LogP contribution in [0.1, 0.15) is 39.1 Å². The number of piperidine rings is 1. The van der Waals surface area contributed by atoms with Crippen LogP contribution >= 0.6 is 35.0 Å². The van der Waals surface area contributed by atoms with Crippen molar-refractivity contribution < 1.29 is 9.59 Å². The number of aromatic amines is 2. The van der Waals surface area contributed by atoms with Gasteiger partial charge in [-0.1, -0.05) is 0 Å². The van der Waals surface area contributed by atoms with Gasteiger partial charge >= 0.3 is 0 Å². The number of nitrogens with one attached hydrogen (secondary N) is 2. The summed E-state index contributed by atoms with van der Waals surface area (Å²) in [5, 5.41) is 0. The number of carbonyl (C=O) groups excluding carboxylic acids is 2. The number of halogens is 2. The minimum atomic E-state index is -0.244. The predicted molar refractivity (Wildman–Crippen MR) is 128 cm³/mol. The first-order valence-electron chi connectivity index (χ1n) is 9.84. The van der Waals surface area contributed by atoms with E-state index in [1.165, 1.54) is 4.90 Å². The molecule has 1 aromatic carbocycles. The molecule has 0 saturated carbocycles. The molecule has 1 fully saturated rings. The van der Waals surface area contributed by atoms with E-state index >= 15 is 0 Å². The van der Waals surface area contributed by atoms with E-state index in [-0.39, 0.29) is 35.8 Å². The third-order valence-electron chi connectivity index (χ3n) is 6.10. The molecule has 0 unspecified atom stereocenters. The smallest absolute Gasteiger partial charge is 0.262 e. The largest absolute Gasteiger partial charge is 0.338 e. The summed E-state index contributed by atoms with van der Waals surface area (Å²) in [7, 11) is 2.05. The zero-order valence-electron chi connectivity index (χ0n) is 17.0. The lowest BCUT2D eigenvalue weighted by Gasteiger charge is -2.33. The van der Waals surface area contributed by atoms with Crippen LogP contribution in [-0.4, -0.2) is 62.7 Å². The number of carbonyl (C=O) groups is 2. The number of imidazole rings is 1. The summed E-state index contributed by atoms with van der Waals surface area (Å²) in [6.07, 6.45) is 3.16. The monoisotopic (exact) mass is 553 g/mol. The molecule has 0 atom stereocenters. The van der Waals surface area contributed by atoms with E-state index < -0.39 is 0 Å². The van der Waals surface area contributed by atoms with E-state index in [9.17, 15) is 14.4 Å². The van der Waals surface area contributed by atoms with Crippen molar-refractivity contribution in [1.29, 1.82) is 0 Å². The van der Waals surface area contributed by atoms with Gasteiger partial charge in [0.25, 0.3) is 17.4 Å². The Labute approximate surface area is 198 Å². The van der Waals surface area contributed by atoms with Crippen molar-refractivity contribution in [2.45, 2.75) is 25.8 Å². The van der Waals surface area contributed by atoms with Crippen molar-refractivity contribution in [3.63, 3.8) is 0 Å². The van der Waals surface area contributed by atoms with Crippen LogP contribution in [0.2, 0.25) is 0 Å². The Morgan fingerprint density at radius 2 is 1.84 bits per heavy atom. The van der Waals surface area contributed by atoms with Crippen LogP contribution in [-0.2, 0) is 0 Å². The first kappa shape index (κ1) is 22.0. The molecule has 0 aliphatic carbocycles. The normalized spacial score (nSPS) is 17.3. The van der Waals surface area contributed by atoms with Crippen LogP contribution in [0.25, 0.3) is 22.4 Å². The second-order valence-corrected chi connectivity index (χ2v) is 9.11. The number of rotatable bonds is 2. The van der Waals surface area contributed by atoms with E-state index in [1.54, 1.807) is 18.3 Å². The summed E-state index contributed by atoms with van der Waals surface area (Å²) in [5.41, 5.74) is 2.96. The second-order valence-electron chi connectivity index (χ2n) is 7.95. The van der Waals surface area contributed by atoms with Gasteiger partial charge in [-0.05, 0) is 80.2 Å². The lowest BCUT2D eigenvalue weighted by atomic mass is 10.0. The highest BCUT2D eigenvalue weighted by Gasteiger charge is 2.42. The maximum absolute atomic E-state index is 13.2. The van der Waals surface area contributed by atoms with Gasteiger partial charge in [-0.25, -0.2) is 4.98 Å². The Morgan fingerprint density at radius 1 is 1.13 bits per heavy atom. The molecule has 1 saturated heterocycles. The Hall–Kier alpha value is -2.24. The number of aromatic nitrogens is 3. The summed E-state index contributed by atoms with van der Waals surface area (Å²) in [6.45, 7) is 3.55. The summed E-state index contributed by atoms with van der Waals surface area (Å²) in [5.74, 6) is -0.0476. The molecule has 4 heterocycles. The number of fused-ring (bicyclic) bond motifs is 2. The van der Waals surface area contributed by atoms with Crippen molar-refractivity contribution in [3.8, 4) is 11.4 Å². The van der Waals surface area contributed by atoms with Crippen LogP contribution in [0.3, 0.4) is 0 Å². The molecule has 2 aliphatic rings. The molecule has 31 heavy (non-hydrogen) atoms. The molecule has 2 aliphatic heterocycles. The fourth-order valence-corrected chi connectivity index (χ4v) is 5.16. The molecule has 8 nitrogen and oxygen atoms in total. The number of hydrogen-bond acceptors (Lipinski definition) is 5. The SMILES string of the molecule is Cc1c2c(cc3[nH]c(-c4c(I)cc[nH]c4=O)nc13)C(=O)N(C1CCN(C)CC1)C2=O.Cl. The molecule has 162 valence electrons. The number of likely N-dealkylation sites (tertiary alicyclic amines) is 1. The quantitative estimate of drug-likeness (QED) is 0.375. The zero-order valence-corrected chi connectivity index (χ0v) is 20.0. The highest BCUT2D eigenvalue weighted by atomic mass is 127.